The number of aromatic nitrogens is 2. The smallest absolute Gasteiger partial charge is 0.226 e. The number of ether oxygens (including phenoxy) is 1. The summed E-state index contributed by atoms with van der Waals surface area (Å²) in [6.45, 7) is 1.95. The van der Waals surface area contributed by atoms with Gasteiger partial charge in [-0.3, -0.25) is 4.79 Å². The Hall–Kier alpha value is -2.12. The van der Waals surface area contributed by atoms with Crippen molar-refractivity contribution >= 4 is 18.3 Å². The van der Waals surface area contributed by atoms with Crippen LogP contribution in [0.15, 0.2) is 28.8 Å². The van der Waals surface area contributed by atoms with Gasteiger partial charge in [-0.15, -0.1) is 12.4 Å². The second-order valence-electron chi connectivity index (χ2n) is 6.19. The van der Waals surface area contributed by atoms with Crippen molar-refractivity contribution in [1.82, 2.24) is 20.8 Å². The zero-order chi connectivity index (χ0) is 17.5. The van der Waals surface area contributed by atoms with Crippen molar-refractivity contribution in [1.29, 1.82) is 0 Å². The number of nitrogens with zero attached hydrogens (tertiary/aromatic N) is 2. The van der Waals surface area contributed by atoms with E-state index in [1.165, 1.54) is 0 Å². The predicted molar refractivity (Wildman–Crippen MR) is 101 cm³/mol. The second kappa shape index (κ2) is 10.1. The van der Waals surface area contributed by atoms with Crippen molar-refractivity contribution in [3.8, 4) is 17.1 Å². The van der Waals surface area contributed by atoms with E-state index < -0.39 is 0 Å². The first-order valence-electron chi connectivity index (χ1n) is 8.71. The third kappa shape index (κ3) is 5.71. The monoisotopic (exact) mass is 380 g/mol. The first-order chi connectivity index (χ1) is 12.2. The lowest BCUT2D eigenvalue weighted by molar-refractivity contribution is -0.122. The van der Waals surface area contributed by atoms with E-state index in [0.29, 0.717) is 37.0 Å². The number of nitrogens with one attached hydrogen (secondary N) is 2. The molecule has 0 aliphatic carbocycles. The fourth-order valence-electron chi connectivity index (χ4n) is 2.88. The summed E-state index contributed by atoms with van der Waals surface area (Å²) in [5.74, 6) is 1.99. The molecule has 0 radical (unpaired) electrons. The molecule has 0 bridgehead atoms. The molecule has 3 rings (SSSR count). The highest BCUT2D eigenvalue weighted by Gasteiger charge is 2.15. The van der Waals surface area contributed by atoms with Gasteiger partial charge < -0.3 is 19.9 Å². The Morgan fingerprint density at radius 3 is 2.73 bits per heavy atom. The molecule has 0 atom stereocenters. The van der Waals surface area contributed by atoms with E-state index >= 15 is 0 Å². The molecule has 1 aromatic carbocycles. The Labute approximate surface area is 159 Å². The number of rotatable bonds is 7. The zero-order valence-electron chi connectivity index (χ0n) is 14.9. The van der Waals surface area contributed by atoms with Crippen molar-refractivity contribution in [2.24, 2.45) is 0 Å². The number of halogens is 1. The van der Waals surface area contributed by atoms with Crippen LogP contribution in [0.1, 0.15) is 31.6 Å². The summed E-state index contributed by atoms with van der Waals surface area (Å²) in [4.78, 5) is 16.4. The number of benzene rings is 1. The molecule has 0 saturated carbocycles. The highest BCUT2D eigenvalue weighted by Crippen LogP contribution is 2.20. The second-order valence-corrected chi connectivity index (χ2v) is 6.19. The number of hydrogen-bond acceptors (Lipinski definition) is 6. The van der Waals surface area contributed by atoms with E-state index in [2.05, 4.69) is 20.8 Å². The Kier molecular flexibility index (Phi) is 7.87. The maximum absolute atomic E-state index is 12.0. The topological polar surface area (TPSA) is 89.3 Å². The number of aryl methyl sites for hydroxylation is 1. The molecule has 0 unspecified atom stereocenters. The Bertz CT molecular complexity index is 684. The SMILES string of the molecule is COc1ccc(-c2noc(CCCC(=O)NC3CCNCC3)n2)cc1.Cl. The minimum Gasteiger partial charge on any atom is -0.497 e. The quantitative estimate of drug-likeness (QED) is 0.766. The Morgan fingerprint density at radius 1 is 1.31 bits per heavy atom. The number of carbonyl (C=O) groups excluding carboxylic acids is 1. The van der Waals surface area contributed by atoms with Crippen molar-refractivity contribution in [3.63, 3.8) is 0 Å². The standard InChI is InChI=1S/C18H24N4O3.ClH/c1-24-15-7-5-13(6-8-15)18-21-17(25-22-18)4-2-3-16(23)20-14-9-11-19-12-10-14;/h5-8,14,19H,2-4,9-12H2,1H3,(H,20,23);1H. The van der Waals surface area contributed by atoms with Gasteiger partial charge in [-0.1, -0.05) is 5.16 Å². The fourth-order valence-corrected chi connectivity index (χ4v) is 2.88. The Balaban J connectivity index is 0.00000243. The van der Waals surface area contributed by atoms with Gasteiger partial charge in [-0.2, -0.15) is 4.98 Å². The minimum absolute atomic E-state index is 0. The molecule has 7 nitrogen and oxygen atoms in total. The molecular weight excluding hydrogens is 356 g/mol. The molecule has 8 heteroatoms. The molecule has 1 fully saturated rings. The minimum atomic E-state index is 0. The van der Waals surface area contributed by atoms with Gasteiger partial charge in [0, 0.05) is 24.4 Å². The summed E-state index contributed by atoms with van der Waals surface area (Å²) in [6, 6.07) is 7.80. The molecule has 2 aromatic rings. The zero-order valence-corrected chi connectivity index (χ0v) is 15.7. The van der Waals surface area contributed by atoms with E-state index in [1.54, 1.807) is 7.11 Å². The predicted octanol–water partition coefficient (Wildman–Crippen LogP) is 2.36. The normalized spacial score (nSPS) is 14.5. The summed E-state index contributed by atoms with van der Waals surface area (Å²) in [5, 5.41) is 10.4. The van der Waals surface area contributed by atoms with Crippen molar-refractivity contribution in [3.05, 3.63) is 30.2 Å². The van der Waals surface area contributed by atoms with Crippen molar-refractivity contribution in [2.45, 2.75) is 38.1 Å². The average Bonchev–Trinajstić information content (AvgIpc) is 3.11. The molecule has 1 amide bonds. The van der Waals surface area contributed by atoms with E-state index in [-0.39, 0.29) is 18.3 Å². The number of amides is 1. The van der Waals surface area contributed by atoms with Gasteiger partial charge in [0.15, 0.2) is 0 Å². The number of methoxy groups -OCH3 is 1. The van der Waals surface area contributed by atoms with Crippen LogP contribution in [-0.2, 0) is 11.2 Å². The summed E-state index contributed by atoms with van der Waals surface area (Å²) < 4.78 is 10.4. The van der Waals surface area contributed by atoms with E-state index in [0.717, 1.165) is 37.2 Å². The van der Waals surface area contributed by atoms with Crippen LogP contribution in [-0.4, -0.2) is 42.3 Å². The van der Waals surface area contributed by atoms with Gasteiger partial charge >= 0.3 is 0 Å². The summed E-state index contributed by atoms with van der Waals surface area (Å²) in [7, 11) is 1.63. The molecule has 142 valence electrons. The van der Waals surface area contributed by atoms with Crippen LogP contribution in [0.3, 0.4) is 0 Å². The molecule has 2 N–H and O–H groups in total. The summed E-state index contributed by atoms with van der Waals surface area (Å²) >= 11 is 0. The first kappa shape index (κ1) is 20.2. The molecule has 0 spiro atoms. The van der Waals surface area contributed by atoms with E-state index in [9.17, 15) is 4.79 Å². The number of piperidine rings is 1. The van der Waals surface area contributed by atoms with Crippen LogP contribution >= 0.6 is 12.4 Å². The van der Waals surface area contributed by atoms with Crippen LogP contribution in [0.2, 0.25) is 0 Å². The van der Waals surface area contributed by atoms with Gasteiger partial charge in [0.1, 0.15) is 5.75 Å². The molecule has 1 aromatic heterocycles. The van der Waals surface area contributed by atoms with E-state index in [1.807, 2.05) is 24.3 Å². The molecular formula is C18H25ClN4O3. The van der Waals surface area contributed by atoms with Crippen LogP contribution in [0.5, 0.6) is 5.75 Å². The summed E-state index contributed by atoms with van der Waals surface area (Å²) in [5.41, 5.74) is 0.874. The first-order valence-corrected chi connectivity index (χ1v) is 8.71. The molecule has 1 aliphatic heterocycles. The van der Waals surface area contributed by atoms with E-state index in [4.69, 9.17) is 9.26 Å². The third-order valence-electron chi connectivity index (χ3n) is 4.32. The lowest BCUT2D eigenvalue weighted by atomic mass is 10.1. The fraction of sp³-hybridized carbons (Fsp3) is 0.500. The maximum Gasteiger partial charge on any atom is 0.226 e. The highest BCUT2D eigenvalue weighted by atomic mass is 35.5. The lowest BCUT2D eigenvalue weighted by Gasteiger charge is -2.23. The molecule has 1 aliphatic rings. The van der Waals surface area contributed by atoms with Gasteiger partial charge in [-0.05, 0) is 56.6 Å². The van der Waals surface area contributed by atoms with Crippen molar-refractivity contribution < 1.29 is 14.1 Å². The third-order valence-corrected chi connectivity index (χ3v) is 4.32. The van der Waals surface area contributed by atoms with Crippen LogP contribution in [0.25, 0.3) is 11.4 Å². The van der Waals surface area contributed by atoms with Crippen LogP contribution < -0.4 is 15.4 Å². The van der Waals surface area contributed by atoms with Crippen LogP contribution in [0, 0.1) is 0 Å². The highest BCUT2D eigenvalue weighted by molar-refractivity contribution is 5.85. The number of hydrogen-bond donors (Lipinski definition) is 2. The largest absolute Gasteiger partial charge is 0.497 e. The van der Waals surface area contributed by atoms with Gasteiger partial charge in [0.05, 0.1) is 7.11 Å². The molecule has 1 saturated heterocycles. The number of carbonyl (C=O) groups is 1. The molecule has 2 heterocycles. The van der Waals surface area contributed by atoms with Crippen LogP contribution in [0.4, 0.5) is 0 Å². The van der Waals surface area contributed by atoms with Gasteiger partial charge in [0.2, 0.25) is 17.6 Å². The Morgan fingerprint density at radius 2 is 2.04 bits per heavy atom. The van der Waals surface area contributed by atoms with Crippen molar-refractivity contribution in [2.75, 3.05) is 20.2 Å². The van der Waals surface area contributed by atoms with Gasteiger partial charge in [-0.25, -0.2) is 0 Å². The average molecular weight is 381 g/mol. The van der Waals surface area contributed by atoms with Gasteiger partial charge in [0.25, 0.3) is 0 Å². The molecule has 26 heavy (non-hydrogen) atoms. The lowest BCUT2D eigenvalue weighted by Crippen LogP contribution is -2.42. The maximum atomic E-state index is 12.0. The summed E-state index contributed by atoms with van der Waals surface area (Å²) in [6.07, 6.45) is 3.77.